The lowest BCUT2D eigenvalue weighted by molar-refractivity contribution is -0.138. The molecule has 0 saturated carbocycles. The van der Waals surface area contributed by atoms with E-state index in [2.05, 4.69) is 61.6 Å². The first kappa shape index (κ1) is 40.1. The second-order valence-corrected chi connectivity index (χ2v) is 13.7. The Hall–Kier alpha value is -0.950. The number of carbonyl (C=O) groups is 2. The fraction of sp³-hybridized carbons (Fsp3) is 0.933. The zero-order valence-electron chi connectivity index (χ0n) is 27.5. The summed E-state index contributed by atoms with van der Waals surface area (Å²) in [7, 11) is 0. The predicted octanol–water partition coefficient (Wildman–Crippen LogP) is 2.05. The molecule has 0 radical (unpaired) electrons. The molecular formula is C30H64N6O4S. The third kappa shape index (κ3) is 19.8. The average molecular weight is 605 g/mol. The Bertz CT molecular complexity index is 738. The van der Waals surface area contributed by atoms with E-state index in [1.54, 1.807) is 4.90 Å². The minimum absolute atomic E-state index is 0.00450. The van der Waals surface area contributed by atoms with E-state index < -0.39 is 5.60 Å². The molecule has 11 heteroatoms. The zero-order valence-corrected chi connectivity index (χ0v) is 28.4. The number of nitrogens with zero attached hydrogens (tertiary/aromatic N) is 1. The third-order valence-electron chi connectivity index (χ3n) is 7.59. The number of rotatable bonds is 25. The highest BCUT2D eigenvalue weighted by atomic mass is 32.1. The number of aliphatic hydroxyl groups is 1. The summed E-state index contributed by atoms with van der Waals surface area (Å²) in [6, 6.07) is 0. The number of ether oxygens (including phenoxy) is 1. The van der Waals surface area contributed by atoms with Crippen LogP contribution in [0.5, 0.6) is 0 Å². The van der Waals surface area contributed by atoms with Crippen LogP contribution in [0.1, 0.15) is 93.9 Å². The fourth-order valence-electron chi connectivity index (χ4n) is 4.47. The maximum atomic E-state index is 13.1. The van der Waals surface area contributed by atoms with E-state index in [1.165, 1.54) is 0 Å². The normalized spacial score (nSPS) is 14.1. The van der Waals surface area contributed by atoms with Gasteiger partial charge in [-0.2, -0.15) is 12.6 Å². The smallest absolute Gasteiger partial charge is 0.225 e. The van der Waals surface area contributed by atoms with E-state index in [1.807, 2.05) is 27.7 Å². The minimum Gasteiger partial charge on any atom is -0.395 e. The SMILES string of the molecule is CCC(C)(CCOC(C)(C)CC(=O)N(CCO)CCNCCNC(C)(C)CCNC(C)(C)CCN)NC(=O)CCS. The summed E-state index contributed by atoms with van der Waals surface area (Å²) < 4.78 is 6.11. The molecule has 7 N–H and O–H groups in total. The molecule has 0 aliphatic carbocycles. The second-order valence-electron chi connectivity index (χ2n) is 13.2. The van der Waals surface area contributed by atoms with Gasteiger partial charge in [0.2, 0.25) is 11.8 Å². The van der Waals surface area contributed by atoms with Crippen molar-refractivity contribution in [1.29, 1.82) is 0 Å². The van der Waals surface area contributed by atoms with Crippen LogP contribution in [0.2, 0.25) is 0 Å². The van der Waals surface area contributed by atoms with Crippen molar-refractivity contribution >= 4 is 24.4 Å². The summed E-state index contributed by atoms with van der Waals surface area (Å²) in [5.74, 6) is 0.455. The third-order valence-corrected chi connectivity index (χ3v) is 7.82. The van der Waals surface area contributed by atoms with E-state index in [0.717, 1.165) is 38.9 Å². The number of nitrogens with two attached hydrogens (primary N) is 1. The van der Waals surface area contributed by atoms with Gasteiger partial charge < -0.3 is 41.7 Å². The number of thiol groups is 1. The van der Waals surface area contributed by atoms with Gasteiger partial charge in [0.25, 0.3) is 0 Å². The van der Waals surface area contributed by atoms with Crippen molar-refractivity contribution in [2.45, 2.75) is 116 Å². The molecular weight excluding hydrogens is 540 g/mol. The Morgan fingerprint density at radius 2 is 1.54 bits per heavy atom. The van der Waals surface area contributed by atoms with Crippen molar-refractivity contribution < 1.29 is 19.4 Å². The molecule has 0 bridgehead atoms. The van der Waals surface area contributed by atoms with E-state index >= 15 is 0 Å². The van der Waals surface area contributed by atoms with Crippen molar-refractivity contribution in [1.82, 2.24) is 26.2 Å². The highest BCUT2D eigenvalue weighted by Gasteiger charge is 2.29. The standard InChI is InChI=1S/C30H64N6O4S/c1-9-30(8,35-25(38)10-23-41)13-22-40-29(6,7)24-26(39)36(20-21-37)19-18-32-16-17-34-28(4,5)12-15-33-27(2,3)11-14-31/h32-34,37,41H,9-24,31H2,1-8H3,(H,35,38). The molecule has 0 spiro atoms. The zero-order chi connectivity index (χ0) is 31.6. The first-order chi connectivity index (χ1) is 19.0. The molecule has 10 nitrogen and oxygen atoms in total. The maximum Gasteiger partial charge on any atom is 0.225 e. The molecule has 41 heavy (non-hydrogen) atoms. The molecule has 0 rings (SSSR count). The average Bonchev–Trinajstić information content (AvgIpc) is 2.84. The van der Waals surface area contributed by atoms with Crippen molar-refractivity contribution in [3.63, 3.8) is 0 Å². The molecule has 0 aromatic rings. The summed E-state index contributed by atoms with van der Waals surface area (Å²) in [4.78, 5) is 26.8. The molecule has 0 aliphatic heterocycles. The summed E-state index contributed by atoms with van der Waals surface area (Å²) in [6.07, 6.45) is 3.98. The van der Waals surface area contributed by atoms with Gasteiger partial charge in [-0.3, -0.25) is 9.59 Å². The molecule has 0 fully saturated rings. The van der Waals surface area contributed by atoms with Gasteiger partial charge in [0.15, 0.2) is 0 Å². The van der Waals surface area contributed by atoms with Crippen molar-refractivity contribution in [2.24, 2.45) is 5.73 Å². The minimum atomic E-state index is -0.661. The predicted molar refractivity (Wildman–Crippen MR) is 174 cm³/mol. The van der Waals surface area contributed by atoms with Gasteiger partial charge >= 0.3 is 0 Å². The van der Waals surface area contributed by atoms with Crippen LogP contribution in [-0.4, -0.2) is 109 Å². The first-order valence-electron chi connectivity index (χ1n) is 15.4. The fourth-order valence-corrected chi connectivity index (χ4v) is 4.67. The molecule has 0 aromatic carbocycles. The lowest BCUT2D eigenvalue weighted by Gasteiger charge is -2.33. The van der Waals surface area contributed by atoms with Crippen LogP contribution in [0.4, 0.5) is 0 Å². The molecule has 0 heterocycles. The Morgan fingerprint density at radius 1 is 0.902 bits per heavy atom. The van der Waals surface area contributed by atoms with Crippen LogP contribution in [-0.2, 0) is 14.3 Å². The Balaban J connectivity index is 4.50. The van der Waals surface area contributed by atoms with Crippen LogP contribution >= 0.6 is 12.6 Å². The Kier molecular flexibility index (Phi) is 19.6. The highest BCUT2D eigenvalue weighted by molar-refractivity contribution is 7.80. The number of hydrogen-bond donors (Lipinski definition) is 7. The lowest BCUT2D eigenvalue weighted by atomic mass is 9.94. The summed E-state index contributed by atoms with van der Waals surface area (Å²) >= 11 is 4.13. The van der Waals surface area contributed by atoms with Crippen LogP contribution in [0.25, 0.3) is 0 Å². The molecule has 244 valence electrons. The highest BCUT2D eigenvalue weighted by Crippen LogP contribution is 2.21. The van der Waals surface area contributed by atoms with Gasteiger partial charge in [-0.25, -0.2) is 0 Å². The van der Waals surface area contributed by atoms with Crippen LogP contribution < -0.4 is 27.0 Å². The maximum absolute atomic E-state index is 13.1. The quantitative estimate of drug-likeness (QED) is 0.0621. The summed E-state index contributed by atoms with van der Waals surface area (Å²) in [6.45, 7) is 21.6. The number of hydrogen-bond acceptors (Lipinski definition) is 9. The lowest BCUT2D eigenvalue weighted by Crippen LogP contribution is -2.48. The summed E-state index contributed by atoms with van der Waals surface area (Å²) in [5, 5.41) is 23.2. The monoisotopic (exact) mass is 604 g/mol. The first-order valence-corrected chi connectivity index (χ1v) is 16.0. The van der Waals surface area contributed by atoms with Gasteiger partial charge in [-0.15, -0.1) is 0 Å². The van der Waals surface area contributed by atoms with E-state index in [4.69, 9.17) is 10.5 Å². The topological polar surface area (TPSA) is 141 Å². The molecule has 2 amide bonds. The van der Waals surface area contributed by atoms with Gasteiger partial charge in [0, 0.05) is 62.4 Å². The molecule has 1 atom stereocenters. The van der Waals surface area contributed by atoms with E-state index in [0.29, 0.717) is 51.4 Å². The Labute approximate surface area is 256 Å². The van der Waals surface area contributed by atoms with Gasteiger partial charge in [-0.05, 0) is 93.0 Å². The van der Waals surface area contributed by atoms with Crippen molar-refractivity contribution in [3.8, 4) is 0 Å². The number of nitrogens with one attached hydrogen (secondary N) is 4. The largest absolute Gasteiger partial charge is 0.395 e. The van der Waals surface area contributed by atoms with Crippen molar-refractivity contribution in [3.05, 3.63) is 0 Å². The number of carbonyl (C=O) groups excluding carboxylic acids is 2. The van der Waals surface area contributed by atoms with Gasteiger partial charge in [0.05, 0.1) is 18.6 Å². The molecule has 1 unspecified atom stereocenters. The number of aliphatic hydroxyl groups excluding tert-OH is 1. The van der Waals surface area contributed by atoms with Gasteiger partial charge in [0.1, 0.15) is 0 Å². The van der Waals surface area contributed by atoms with Crippen LogP contribution in [0.3, 0.4) is 0 Å². The van der Waals surface area contributed by atoms with E-state index in [9.17, 15) is 14.7 Å². The Morgan fingerprint density at radius 3 is 2.12 bits per heavy atom. The second kappa shape index (κ2) is 20.1. The molecule has 0 aliphatic rings. The van der Waals surface area contributed by atoms with Gasteiger partial charge in [-0.1, -0.05) is 6.92 Å². The van der Waals surface area contributed by atoms with E-state index in [-0.39, 0.29) is 41.5 Å². The van der Waals surface area contributed by atoms with Crippen LogP contribution in [0, 0.1) is 0 Å². The molecule has 0 aromatic heterocycles. The summed E-state index contributed by atoms with van der Waals surface area (Å²) in [5.41, 5.74) is 4.73. The van der Waals surface area contributed by atoms with Crippen molar-refractivity contribution in [2.75, 3.05) is 64.8 Å². The number of amides is 2. The molecule has 0 saturated heterocycles. The van der Waals surface area contributed by atoms with Crippen LogP contribution in [0.15, 0.2) is 0 Å².